The summed E-state index contributed by atoms with van der Waals surface area (Å²) in [7, 11) is 0. The summed E-state index contributed by atoms with van der Waals surface area (Å²) < 4.78 is 10.4. The second-order valence-corrected chi connectivity index (χ2v) is 20.1. The zero-order valence-corrected chi connectivity index (χ0v) is 33.7. The number of carbonyl (C=O) groups is 2. The maximum absolute atomic E-state index is 11.8. The Kier molecular flexibility index (Phi) is 44.4. The second kappa shape index (κ2) is 42.4. The van der Waals surface area contributed by atoms with Gasteiger partial charge in [0, 0.05) is 48.4 Å². The highest BCUT2D eigenvalue weighted by molar-refractivity contribution is 8.17. The fourth-order valence-electron chi connectivity index (χ4n) is 2.35. The molecule has 268 valence electrons. The van der Waals surface area contributed by atoms with E-state index in [2.05, 4.69) is 0 Å². The van der Waals surface area contributed by atoms with Gasteiger partial charge in [-0.1, -0.05) is 0 Å². The number of carbonyl (C=O) groups excluding carboxylic acids is 2. The third-order valence-corrected chi connectivity index (χ3v) is 15.0. The fraction of sp³-hybridized carbons (Fsp3) is 0.920. The van der Waals surface area contributed by atoms with Crippen LogP contribution in [0.5, 0.6) is 0 Å². The summed E-state index contributed by atoms with van der Waals surface area (Å²) in [5, 5.41) is 21.6. The van der Waals surface area contributed by atoms with Crippen molar-refractivity contribution in [1.29, 1.82) is 0 Å². The number of aliphatic hydroxyl groups is 2. The molecular formula is C25H48O10S10. The summed E-state index contributed by atoms with van der Waals surface area (Å²) in [5.74, 6) is 5.84. The van der Waals surface area contributed by atoms with Gasteiger partial charge in [0.2, 0.25) is 0 Å². The third kappa shape index (κ3) is 42.3. The largest absolute Gasteiger partial charge is 0.465 e. The van der Waals surface area contributed by atoms with E-state index in [4.69, 9.17) is 39.2 Å². The summed E-state index contributed by atoms with van der Waals surface area (Å²) in [5.41, 5.74) is 0. The molecule has 0 radical (unpaired) electrons. The normalized spacial score (nSPS) is 11.2. The number of rotatable bonds is 38. The summed E-state index contributed by atoms with van der Waals surface area (Å²) in [4.78, 5) is 44.0. The van der Waals surface area contributed by atoms with Crippen molar-refractivity contribution in [2.45, 2.75) is 25.7 Å². The van der Waals surface area contributed by atoms with Gasteiger partial charge in [-0.2, -0.15) is 47.0 Å². The van der Waals surface area contributed by atoms with Crippen LogP contribution in [0.3, 0.4) is 0 Å². The molecule has 2 N–H and O–H groups in total. The van der Waals surface area contributed by atoms with Crippen molar-refractivity contribution >= 4 is 130 Å². The molecule has 0 aromatic rings. The fourth-order valence-corrected chi connectivity index (χ4v) is 10.7. The van der Waals surface area contributed by atoms with Crippen LogP contribution in [-0.2, 0) is 38.6 Å². The van der Waals surface area contributed by atoms with E-state index in [9.17, 15) is 9.59 Å². The Morgan fingerprint density at radius 2 is 0.867 bits per heavy atom. The molecule has 45 heavy (non-hydrogen) atoms. The monoisotopic (exact) mass is 828 g/mol. The Morgan fingerprint density at radius 1 is 0.422 bits per heavy atom. The van der Waals surface area contributed by atoms with Crippen LogP contribution in [0.4, 0.5) is 0 Å². The number of ether oxygens (including phenoxy) is 2. The van der Waals surface area contributed by atoms with Crippen molar-refractivity contribution in [2.75, 3.05) is 110 Å². The summed E-state index contributed by atoms with van der Waals surface area (Å²) in [6.07, 6.45) is 2.69. The topological polar surface area (TPSA) is 130 Å². The lowest BCUT2D eigenvalue weighted by Crippen LogP contribution is -2.08. The molecule has 10 nitrogen and oxygen atoms in total. The van der Waals surface area contributed by atoms with Crippen LogP contribution in [0.25, 0.3) is 0 Å². The molecule has 0 atom stereocenters. The predicted octanol–water partition coefficient (Wildman–Crippen LogP) is 6.46. The Labute approximate surface area is 311 Å². The van der Waals surface area contributed by atoms with Gasteiger partial charge in [0.1, 0.15) is 18.5 Å². The van der Waals surface area contributed by atoms with Gasteiger partial charge in [0.25, 0.3) is 0 Å². The number of aliphatic hydroxyl groups excluding tert-OH is 2. The maximum atomic E-state index is 11.8. The first kappa shape index (κ1) is 47.2. The molecule has 0 spiro atoms. The third-order valence-electron chi connectivity index (χ3n) is 4.35. The van der Waals surface area contributed by atoms with E-state index in [0.717, 1.165) is 72.8 Å². The van der Waals surface area contributed by atoms with Gasteiger partial charge in [-0.05, 0) is 24.3 Å². The van der Waals surface area contributed by atoms with E-state index in [1.165, 1.54) is 35.3 Å². The van der Waals surface area contributed by atoms with Crippen LogP contribution in [0, 0.1) is 0 Å². The van der Waals surface area contributed by atoms with E-state index < -0.39 is 0 Å². The Bertz CT molecular complexity index is 635. The van der Waals surface area contributed by atoms with Gasteiger partial charge in [-0.3, -0.25) is 9.59 Å². The molecule has 0 saturated carbocycles. The molecular weight excluding hydrogens is 781 g/mol. The lowest BCUT2D eigenvalue weighted by atomic mass is 10.5. The first-order valence-corrected chi connectivity index (χ1v) is 25.5. The Hall–Kier alpha value is 2.20. The first-order chi connectivity index (χ1) is 22.2. The van der Waals surface area contributed by atoms with Gasteiger partial charge < -0.3 is 19.7 Å². The van der Waals surface area contributed by atoms with Crippen LogP contribution in [-0.4, -0.2) is 132 Å². The molecule has 0 aliphatic rings. The van der Waals surface area contributed by atoms with Crippen molar-refractivity contribution in [2.24, 2.45) is 0 Å². The Morgan fingerprint density at radius 3 is 1.47 bits per heavy atom. The van der Waals surface area contributed by atoms with Crippen LogP contribution in [0.15, 0.2) is 0 Å². The lowest BCUT2D eigenvalue weighted by Gasteiger charge is -2.06. The van der Waals surface area contributed by atoms with E-state index in [0.29, 0.717) is 51.1 Å². The molecule has 0 unspecified atom stereocenters. The highest BCUT2D eigenvalue weighted by atomic mass is 32.2. The maximum Gasteiger partial charge on any atom is 0.307 e. The molecule has 0 aliphatic carbocycles. The van der Waals surface area contributed by atoms with Crippen LogP contribution < -0.4 is 0 Å². The highest BCUT2D eigenvalue weighted by Crippen LogP contribution is 2.17. The van der Waals surface area contributed by atoms with Crippen LogP contribution >= 0.6 is 118 Å². The van der Waals surface area contributed by atoms with Gasteiger partial charge in [0.05, 0.1) is 44.5 Å². The zero-order valence-electron chi connectivity index (χ0n) is 25.5. The standard InChI is InChI=1S/C25H48O10S10/c26-15-42-22-44-17-31-25(29)4-12-39-20-36-9-1-5-32-34-8-14-41-21-40-13-7-30-24(28)3-11-38-19-37-10-2-6-33-35-18-45-23-43-16-27/h26-27H,1-23H2. The summed E-state index contributed by atoms with van der Waals surface area (Å²) in [6, 6.07) is 0. The van der Waals surface area contributed by atoms with Crippen molar-refractivity contribution in [3.63, 3.8) is 0 Å². The van der Waals surface area contributed by atoms with Crippen LogP contribution in [0.1, 0.15) is 25.7 Å². The predicted molar refractivity (Wildman–Crippen MR) is 208 cm³/mol. The second-order valence-electron chi connectivity index (χ2n) is 7.88. The molecule has 20 heteroatoms. The van der Waals surface area contributed by atoms with Gasteiger partial charge in [0.15, 0.2) is 0 Å². The summed E-state index contributed by atoms with van der Waals surface area (Å²) in [6.45, 7) is 2.12. The van der Waals surface area contributed by atoms with Gasteiger partial charge in [-0.25, -0.2) is 19.6 Å². The number of hydrogen-bond donors (Lipinski definition) is 2. The molecule has 0 rings (SSSR count). The van der Waals surface area contributed by atoms with E-state index in [1.54, 1.807) is 58.8 Å². The molecule has 0 aromatic heterocycles. The average Bonchev–Trinajstić information content (AvgIpc) is 3.04. The molecule has 0 bridgehead atoms. The van der Waals surface area contributed by atoms with Crippen LogP contribution in [0.2, 0.25) is 0 Å². The van der Waals surface area contributed by atoms with Crippen molar-refractivity contribution in [3.8, 4) is 0 Å². The average molecular weight is 829 g/mol. The molecule has 0 heterocycles. The van der Waals surface area contributed by atoms with Gasteiger partial charge in [-0.15, -0.1) is 70.6 Å². The molecule has 0 aliphatic heterocycles. The SMILES string of the molecule is O=C(CCSCSCCCOOCSCSCO)OCCSCSCCOOCCCSCSCCC(=O)OCSCSCO. The molecule has 0 saturated heterocycles. The lowest BCUT2D eigenvalue weighted by molar-refractivity contribution is -0.289. The van der Waals surface area contributed by atoms with Crippen molar-refractivity contribution in [3.05, 3.63) is 0 Å². The molecule has 0 amide bonds. The minimum Gasteiger partial charge on any atom is -0.465 e. The van der Waals surface area contributed by atoms with Crippen molar-refractivity contribution < 1.29 is 48.8 Å². The minimum atomic E-state index is -0.174. The molecule has 0 aromatic carbocycles. The molecule has 0 fully saturated rings. The van der Waals surface area contributed by atoms with Crippen molar-refractivity contribution in [1.82, 2.24) is 0 Å². The van der Waals surface area contributed by atoms with E-state index in [1.807, 2.05) is 23.5 Å². The van der Waals surface area contributed by atoms with Gasteiger partial charge >= 0.3 is 11.9 Å². The number of esters is 2. The smallest absolute Gasteiger partial charge is 0.307 e. The van der Waals surface area contributed by atoms with E-state index in [-0.39, 0.29) is 23.8 Å². The number of thioether (sulfide) groups is 10. The zero-order chi connectivity index (χ0) is 32.7. The quantitative estimate of drug-likeness (QED) is 0.0232. The summed E-state index contributed by atoms with van der Waals surface area (Å²) >= 11 is 16.5. The number of hydrogen-bond acceptors (Lipinski definition) is 20. The Balaban J connectivity index is 3.18. The minimum absolute atomic E-state index is 0.0861. The van der Waals surface area contributed by atoms with E-state index >= 15 is 0 Å². The first-order valence-electron chi connectivity index (χ1n) is 14.0. The highest BCUT2D eigenvalue weighted by Gasteiger charge is 2.04.